The Kier molecular flexibility index (Phi) is 4.53. The number of amides is 1. The lowest BCUT2D eigenvalue weighted by Gasteiger charge is -2.39. The Labute approximate surface area is 149 Å². The molecule has 1 aromatic rings. The van der Waals surface area contributed by atoms with Gasteiger partial charge in [-0.15, -0.1) is 0 Å². The van der Waals surface area contributed by atoms with Crippen LogP contribution in [0.3, 0.4) is 0 Å². The predicted octanol–water partition coefficient (Wildman–Crippen LogP) is 0.833. The molecule has 0 bridgehead atoms. The highest BCUT2D eigenvalue weighted by Gasteiger charge is 2.52. The monoisotopic (exact) mass is 346 g/mol. The zero-order valence-corrected chi connectivity index (χ0v) is 15.9. The Morgan fingerprint density at radius 1 is 1.16 bits per heavy atom. The van der Waals surface area contributed by atoms with Gasteiger partial charge in [0.2, 0.25) is 11.9 Å². The first-order chi connectivity index (χ1) is 11.6. The summed E-state index contributed by atoms with van der Waals surface area (Å²) in [6.07, 6.45) is 3.54. The predicted molar refractivity (Wildman–Crippen MR) is 96.8 cm³/mol. The third-order valence-electron chi connectivity index (χ3n) is 5.51. The zero-order chi connectivity index (χ0) is 18.4. The Morgan fingerprint density at radius 3 is 2.20 bits per heavy atom. The molecule has 136 valence electrons. The van der Waals surface area contributed by atoms with Crippen molar-refractivity contribution in [1.29, 1.82) is 0 Å². The third-order valence-corrected chi connectivity index (χ3v) is 5.51. The van der Waals surface area contributed by atoms with E-state index >= 15 is 0 Å². The molecule has 1 amide bonds. The maximum absolute atomic E-state index is 11.5. The van der Waals surface area contributed by atoms with Gasteiger partial charge in [0.05, 0.1) is 11.2 Å². The van der Waals surface area contributed by atoms with Crippen LogP contribution in [-0.4, -0.2) is 64.8 Å². The minimum Gasteiger partial charge on any atom is -0.399 e. The summed E-state index contributed by atoms with van der Waals surface area (Å²) in [6, 6.07) is 0.181. The van der Waals surface area contributed by atoms with E-state index in [-0.39, 0.29) is 23.2 Å². The number of hydrogen-bond donors (Lipinski definition) is 0. The van der Waals surface area contributed by atoms with Crippen LogP contribution in [0.2, 0.25) is 0 Å². The third kappa shape index (κ3) is 3.37. The normalized spacial score (nSPS) is 25.4. The number of piperazine rings is 1. The van der Waals surface area contributed by atoms with Crippen LogP contribution in [0.15, 0.2) is 12.4 Å². The second kappa shape index (κ2) is 6.25. The van der Waals surface area contributed by atoms with E-state index in [0.717, 1.165) is 12.0 Å². The van der Waals surface area contributed by atoms with E-state index in [0.29, 0.717) is 19.0 Å². The average Bonchev–Trinajstić information content (AvgIpc) is 2.75. The molecule has 3 heterocycles. The number of hydrogen-bond acceptors (Lipinski definition) is 6. The summed E-state index contributed by atoms with van der Waals surface area (Å²) >= 11 is 0. The fourth-order valence-electron chi connectivity index (χ4n) is 3.12. The van der Waals surface area contributed by atoms with E-state index in [1.54, 1.807) is 19.3 Å². The molecule has 3 rings (SSSR count). The lowest BCUT2D eigenvalue weighted by atomic mass is 9.81. The van der Waals surface area contributed by atoms with E-state index in [2.05, 4.69) is 21.8 Å². The first-order valence-electron chi connectivity index (χ1n) is 8.80. The molecule has 1 aromatic heterocycles. The second-order valence-electron chi connectivity index (χ2n) is 7.91. The number of rotatable bonds is 2. The van der Waals surface area contributed by atoms with Gasteiger partial charge in [-0.2, -0.15) is 0 Å². The van der Waals surface area contributed by atoms with Gasteiger partial charge in [0.1, 0.15) is 0 Å². The molecule has 0 aromatic carbocycles. The van der Waals surface area contributed by atoms with Gasteiger partial charge in [0.25, 0.3) is 0 Å². The van der Waals surface area contributed by atoms with Gasteiger partial charge in [-0.05, 0) is 34.6 Å². The lowest BCUT2D eigenvalue weighted by molar-refractivity contribution is -0.129. The van der Waals surface area contributed by atoms with Crippen LogP contribution in [-0.2, 0) is 14.1 Å². The second-order valence-corrected chi connectivity index (χ2v) is 7.91. The van der Waals surface area contributed by atoms with Crippen LogP contribution in [0.4, 0.5) is 5.95 Å². The summed E-state index contributed by atoms with van der Waals surface area (Å²) in [6.45, 7) is 13.9. The molecule has 0 saturated carbocycles. The largest absolute Gasteiger partial charge is 0.498 e. The topological polar surface area (TPSA) is 67.8 Å². The standard InChI is InChI=1S/C17H27BN4O3/c1-12-11-21(13(2)23)7-8-22(12)15-19-9-14(10-20-15)18-24-16(3,4)17(5,6)25-18/h9-10,12H,7-8,11H2,1-6H3. The van der Waals surface area contributed by atoms with Crippen LogP contribution in [0.25, 0.3) is 0 Å². The molecule has 2 saturated heterocycles. The van der Waals surface area contributed by atoms with Gasteiger partial charge in [-0.25, -0.2) is 9.97 Å². The van der Waals surface area contributed by atoms with Gasteiger partial charge in [0, 0.05) is 50.5 Å². The molecule has 0 radical (unpaired) electrons. The first-order valence-corrected chi connectivity index (χ1v) is 8.80. The van der Waals surface area contributed by atoms with Crippen molar-refractivity contribution in [1.82, 2.24) is 14.9 Å². The summed E-state index contributed by atoms with van der Waals surface area (Å²) < 4.78 is 12.1. The van der Waals surface area contributed by atoms with Crippen molar-refractivity contribution < 1.29 is 14.1 Å². The van der Waals surface area contributed by atoms with Crippen LogP contribution in [0.5, 0.6) is 0 Å². The summed E-state index contributed by atoms with van der Waals surface area (Å²) in [5.41, 5.74) is 0.0549. The number of aromatic nitrogens is 2. The molecule has 2 aliphatic rings. The number of nitrogens with zero attached hydrogens (tertiary/aromatic N) is 4. The van der Waals surface area contributed by atoms with Crippen LogP contribution < -0.4 is 10.4 Å². The van der Waals surface area contributed by atoms with Crippen molar-refractivity contribution in [3.63, 3.8) is 0 Å². The molecular weight excluding hydrogens is 319 g/mol. The first kappa shape index (κ1) is 18.1. The Hall–Kier alpha value is -1.67. The number of carbonyl (C=O) groups excluding carboxylic acids is 1. The van der Waals surface area contributed by atoms with Crippen molar-refractivity contribution in [3.8, 4) is 0 Å². The molecule has 1 unspecified atom stereocenters. The van der Waals surface area contributed by atoms with E-state index in [1.165, 1.54) is 0 Å². The smallest absolute Gasteiger partial charge is 0.399 e. The maximum atomic E-state index is 11.5. The van der Waals surface area contributed by atoms with E-state index in [1.807, 2.05) is 32.6 Å². The highest BCUT2D eigenvalue weighted by molar-refractivity contribution is 6.61. The average molecular weight is 346 g/mol. The summed E-state index contributed by atoms with van der Waals surface area (Å²) in [5, 5.41) is 0. The van der Waals surface area contributed by atoms with Gasteiger partial charge in [-0.3, -0.25) is 4.79 Å². The van der Waals surface area contributed by atoms with Crippen LogP contribution in [0, 0.1) is 0 Å². The van der Waals surface area contributed by atoms with Crippen molar-refractivity contribution >= 4 is 24.4 Å². The molecule has 7 nitrogen and oxygen atoms in total. The fourth-order valence-corrected chi connectivity index (χ4v) is 3.12. The summed E-state index contributed by atoms with van der Waals surface area (Å²) in [7, 11) is -0.453. The Morgan fingerprint density at radius 2 is 1.72 bits per heavy atom. The van der Waals surface area contributed by atoms with Crippen molar-refractivity contribution in [2.75, 3.05) is 24.5 Å². The highest BCUT2D eigenvalue weighted by Crippen LogP contribution is 2.36. The molecule has 8 heteroatoms. The maximum Gasteiger partial charge on any atom is 0.498 e. The molecule has 0 spiro atoms. The van der Waals surface area contributed by atoms with Crippen molar-refractivity contribution in [2.24, 2.45) is 0 Å². The molecule has 2 aliphatic heterocycles. The Balaban J connectivity index is 1.70. The highest BCUT2D eigenvalue weighted by atomic mass is 16.7. The molecule has 2 fully saturated rings. The fraction of sp³-hybridized carbons (Fsp3) is 0.706. The van der Waals surface area contributed by atoms with Crippen LogP contribution >= 0.6 is 0 Å². The molecule has 25 heavy (non-hydrogen) atoms. The molecule has 0 N–H and O–H groups in total. The van der Waals surface area contributed by atoms with Gasteiger partial charge in [0.15, 0.2) is 0 Å². The van der Waals surface area contributed by atoms with E-state index in [9.17, 15) is 4.79 Å². The van der Waals surface area contributed by atoms with Crippen LogP contribution in [0.1, 0.15) is 41.5 Å². The number of carbonyl (C=O) groups is 1. The van der Waals surface area contributed by atoms with Crippen molar-refractivity contribution in [3.05, 3.63) is 12.4 Å². The number of anilines is 1. The summed E-state index contributed by atoms with van der Waals surface area (Å²) in [4.78, 5) is 24.6. The van der Waals surface area contributed by atoms with Gasteiger partial charge in [-0.1, -0.05) is 0 Å². The molecule has 1 atom stereocenters. The molecule has 0 aliphatic carbocycles. The summed E-state index contributed by atoms with van der Waals surface area (Å²) in [5.74, 6) is 0.791. The van der Waals surface area contributed by atoms with Gasteiger partial charge >= 0.3 is 7.12 Å². The van der Waals surface area contributed by atoms with Gasteiger partial charge < -0.3 is 19.1 Å². The van der Waals surface area contributed by atoms with E-state index < -0.39 is 7.12 Å². The SMILES string of the molecule is CC(=O)N1CCN(c2ncc(B3OC(C)(C)C(C)(C)O3)cn2)C(C)C1. The quantitative estimate of drug-likeness (QED) is 0.739. The molecular formula is C17H27BN4O3. The van der Waals surface area contributed by atoms with E-state index in [4.69, 9.17) is 9.31 Å². The van der Waals surface area contributed by atoms with Crippen molar-refractivity contribution in [2.45, 2.75) is 58.8 Å². The zero-order valence-electron chi connectivity index (χ0n) is 15.9. The Bertz CT molecular complexity index is 634. The minimum atomic E-state index is -0.453. The minimum absolute atomic E-state index is 0.114. The lowest BCUT2D eigenvalue weighted by Crippen LogP contribution is -2.54.